The van der Waals surface area contributed by atoms with E-state index in [1.165, 1.54) is 0 Å². The van der Waals surface area contributed by atoms with Crippen molar-refractivity contribution < 1.29 is 4.74 Å². The Labute approximate surface area is 113 Å². The predicted molar refractivity (Wildman–Crippen MR) is 73.1 cm³/mol. The number of hydrogen-bond acceptors (Lipinski definition) is 4. The molecule has 1 saturated heterocycles. The summed E-state index contributed by atoms with van der Waals surface area (Å²) < 4.78 is 5.39. The molecular formula is C13H20ClN3O. The summed E-state index contributed by atoms with van der Waals surface area (Å²) in [4.78, 5) is 0. The molecule has 1 N–H and O–H groups in total. The van der Waals surface area contributed by atoms with E-state index >= 15 is 0 Å². The van der Waals surface area contributed by atoms with Crippen molar-refractivity contribution in [1.29, 1.82) is 0 Å². The molecule has 100 valence electrons. The summed E-state index contributed by atoms with van der Waals surface area (Å²) in [6.07, 6.45) is 2.21. The van der Waals surface area contributed by atoms with Crippen molar-refractivity contribution in [2.24, 2.45) is 5.92 Å². The van der Waals surface area contributed by atoms with Crippen LogP contribution in [0.4, 0.5) is 5.82 Å². The number of rotatable bonds is 3. The van der Waals surface area contributed by atoms with Gasteiger partial charge in [0.15, 0.2) is 11.0 Å². The van der Waals surface area contributed by atoms with Gasteiger partial charge in [0.05, 0.1) is 0 Å². The molecule has 1 aromatic heterocycles. The highest BCUT2D eigenvalue weighted by molar-refractivity contribution is 6.30. The van der Waals surface area contributed by atoms with Gasteiger partial charge >= 0.3 is 0 Å². The fraction of sp³-hybridized carbons (Fsp3) is 0.692. The first-order chi connectivity index (χ1) is 8.59. The van der Waals surface area contributed by atoms with Crippen LogP contribution in [0.25, 0.3) is 0 Å². The van der Waals surface area contributed by atoms with Gasteiger partial charge in [0, 0.05) is 19.3 Å². The molecule has 1 fully saturated rings. The molecule has 1 atom stereocenters. The van der Waals surface area contributed by atoms with Crippen molar-refractivity contribution in [2.45, 2.75) is 39.7 Å². The molecule has 1 aromatic rings. The first-order valence-electron chi connectivity index (χ1n) is 6.43. The fourth-order valence-corrected chi connectivity index (χ4v) is 2.44. The molecule has 2 heterocycles. The minimum atomic E-state index is 0.377. The van der Waals surface area contributed by atoms with Gasteiger partial charge in [-0.25, -0.2) is 0 Å². The van der Waals surface area contributed by atoms with Crippen molar-refractivity contribution in [3.05, 3.63) is 16.3 Å². The molecule has 0 bridgehead atoms. The van der Waals surface area contributed by atoms with Crippen molar-refractivity contribution in [3.63, 3.8) is 0 Å². The van der Waals surface area contributed by atoms with Crippen LogP contribution in [0.2, 0.25) is 5.15 Å². The summed E-state index contributed by atoms with van der Waals surface area (Å²) in [5.74, 6) is 1.48. The molecular weight excluding hydrogens is 250 g/mol. The molecule has 0 aromatic carbocycles. The fourth-order valence-electron chi connectivity index (χ4n) is 2.26. The van der Waals surface area contributed by atoms with Gasteiger partial charge in [-0.3, -0.25) is 0 Å². The minimum absolute atomic E-state index is 0.377. The second-order valence-electron chi connectivity index (χ2n) is 4.97. The topological polar surface area (TPSA) is 47.0 Å². The van der Waals surface area contributed by atoms with E-state index in [9.17, 15) is 0 Å². The third-order valence-electron chi connectivity index (χ3n) is 3.80. The average Bonchev–Trinajstić information content (AvgIpc) is 2.40. The van der Waals surface area contributed by atoms with Crippen molar-refractivity contribution in [3.8, 4) is 0 Å². The molecule has 0 saturated carbocycles. The zero-order valence-electron chi connectivity index (χ0n) is 11.2. The number of nitrogens with one attached hydrogen (secondary N) is 1. The van der Waals surface area contributed by atoms with E-state index in [0.29, 0.717) is 17.1 Å². The van der Waals surface area contributed by atoms with E-state index in [1.54, 1.807) is 0 Å². The van der Waals surface area contributed by atoms with Crippen LogP contribution < -0.4 is 5.32 Å². The Morgan fingerprint density at radius 1 is 1.22 bits per heavy atom. The van der Waals surface area contributed by atoms with Crippen LogP contribution in [0.5, 0.6) is 0 Å². The lowest BCUT2D eigenvalue weighted by Crippen LogP contribution is -2.31. The first-order valence-corrected chi connectivity index (χ1v) is 6.81. The monoisotopic (exact) mass is 269 g/mol. The third-order valence-corrected chi connectivity index (χ3v) is 4.16. The SMILES string of the molecule is Cc1c(Cl)nnc(NC(C)C2CCOCC2)c1C. The Morgan fingerprint density at radius 2 is 1.89 bits per heavy atom. The van der Waals surface area contributed by atoms with E-state index in [2.05, 4.69) is 22.4 Å². The van der Waals surface area contributed by atoms with E-state index < -0.39 is 0 Å². The van der Waals surface area contributed by atoms with Gasteiger partial charge in [0.2, 0.25) is 0 Å². The van der Waals surface area contributed by atoms with E-state index in [1.807, 2.05) is 13.8 Å². The summed E-state index contributed by atoms with van der Waals surface area (Å²) in [5.41, 5.74) is 2.07. The standard InChI is InChI=1S/C13H20ClN3O/c1-8-9(2)13(17-16-12(8)14)15-10(3)11-4-6-18-7-5-11/h10-11H,4-7H2,1-3H3,(H,15,17). The lowest BCUT2D eigenvalue weighted by Gasteiger charge is -2.29. The lowest BCUT2D eigenvalue weighted by molar-refractivity contribution is 0.0622. The molecule has 0 amide bonds. The van der Waals surface area contributed by atoms with Gasteiger partial charge in [-0.1, -0.05) is 11.6 Å². The lowest BCUT2D eigenvalue weighted by atomic mass is 9.93. The minimum Gasteiger partial charge on any atom is -0.381 e. The van der Waals surface area contributed by atoms with E-state index in [-0.39, 0.29) is 0 Å². The van der Waals surface area contributed by atoms with Gasteiger partial charge in [0.1, 0.15) is 0 Å². The molecule has 0 spiro atoms. The summed E-state index contributed by atoms with van der Waals surface area (Å²) in [5, 5.41) is 12.1. The maximum atomic E-state index is 5.95. The normalized spacial score (nSPS) is 18.7. The van der Waals surface area contributed by atoms with Gasteiger partial charge < -0.3 is 10.1 Å². The summed E-state index contributed by atoms with van der Waals surface area (Å²) >= 11 is 5.95. The Hall–Kier alpha value is -0.870. The van der Waals surface area contributed by atoms with Crippen LogP contribution in [0.3, 0.4) is 0 Å². The third kappa shape index (κ3) is 2.93. The van der Waals surface area contributed by atoms with Gasteiger partial charge in [-0.15, -0.1) is 10.2 Å². The van der Waals surface area contributed by atoms with Crippen molar-refractivity contribution in [1.82, 2.24) is 10.2 Å². The zero-order valence-corrected chi connectivity index (χ0v) is 11.9. The van der Waals surface area contributed by atoms with Crippen LogP contribution in [0.1, 0.15) is 30.9 Å². The smallest absolute Gasteiger partial charge is 0.155 e. The number of ether oxygens (including phenoxy) is 1. The molecule has 0 radical (unpaired) electrons. The molecule has 0 aliphatic carbocycles. The van der Waals surface area contributed by atoms with Crippen LogP contribution in [-0.4, -0.2) is 29.5 Å². The Balaban J connectivity index is 2.06. The zero-order chi connectivity index (χ0) is 13.1. The first kappa shape index (κ1) is 13.6. The Morgan fingerprint density at radius 3 is 2.56 bits per heavy atom. The molecule has 5 heteroatoms. The van der Waals surface area contributed by atoms with E-state index in [0.717, 1.165) is 43.0 Å². The van der Waals surface area contributed by atoms with Crippen molar-refractivity contribution >= 4 is 17.4 Å². The maximum Gasteiger partial charge on any atom is 0.155 e. The second kappa shape index (κ2) is 5.85. The summed E-state index contributed by atoms with van der Waals surface area (Å²) in [6, 6.07) is 0.377. The number of aromatic nitrogens is 2. The average molecular weight is 270 g/mol. The molecule has 1 unspecified atom stereocenters. The summed E-state index contributed by atoms with van der Waals surface area (Å²) in [6.45, 7) is 7.91. The van der Waals surface area contributed by atoms with Crippen LogP contribution in [0, 0.1) is 19.8 Å². The maximum absolute atomic E-state index is 5.95. The number of hydrogen-bond donors (Lipinski definition) is 1. The molecule has 4 nitrogen and oxygen atoms in total. The quantitative estimate of drug-likeness (QED) is 0.916. The highest BCUT2D eigenvalue weighted by atomic mass is 35.5. The van der Waals surface area contributed by atoms with Crippen LogP contribution in [-0.2, 0) is 4.74 Å². The Bertz CT molecular complexity index is 419. The van der Waals surface area contributed by atoms with Crippen molar-refractivity contribution in [2.75, 3.05) is 18.5 Å². The number of nitrogens with zero attached hydrogens (tertiary/aromatic N) is 2. The van der Waals surface area contributed by atoms with E-state index in [4.69, 9.17) is 16.3 Å². The number of anilines is 1. The summed E-state index contributed by atoms with van der Waals surface area (Å²) in [7, 11) is 0. The van der Waals surface area contributed by atoms with Gasteiger partial charge in [-0.2, -0.15) is 0 Å². The van der Waals surface area contributed by atoms with Crippen LogP contribution >= 0.6 is 11.6 Å². The largest absolute Gasteiger partial charge is 0.381 e. The molecule has 2 rings (SSSR count). The Kier molecular flexibility index (Phi) is 4.40. The van der Waals surface area contributed by atoms with Gasteiger partial charge in [-0.05, 0) is 50.7 Å². The second-order valence-corrected chi connectivity index (χ2v) is 5.33. The highest BCUT2D eigenvalue weighted by Gasteiger charge is 2.21. The molecule has 18 heavy (non-hydrogen) atoms. The highest BCUT2D eigenvalue weighted by Crippen LogP contribution is 2.25. The molecule has 1 aliphatic rings. The predicted octanol–water partition coefficient (Wildman–Crippen LogP) is 2.97. The number of halogens is 1. The molecule has 1 aliphatic heterocycles. The van der Waals surface area contributed by atoms with Crippen LogP contribution in [0.15, 0.2) is 0 Å². The van der Waals surface area contributed by atoms with Gasteiger partial charge in [0.25, 0.3) is 0 Å².